The number of carboxylic acid groups (broad SMARTS) is 1. The van der Waals surface area contributed by atoms with Gasteiger partial charge in [-0.15, -0.1) is 0 Å². The zero-order valence-electron chi connectivity index (χ0n) is 12.1. The number of anilines is 1. The lowest BCUT2D eigenvalue weighted by Crippen LogP contribution is -2.27. The Labute approximate surface area is 126 Å². The minimum atomic E-state index is -1.03. The van der Waals surface area contributed by atoms with Crippen LogP contribution >= 0.6 is 15.9 Å². The lowest BCUT2D eigenvalue weighted by atomic mass is 10.0. The number of nitrogens with one attached hydrogen (secondary N) is 1. The van der Waals surface area contributed by atoms with E-state index in [9.17, 15) is 14.7 Å². The zero-order valence-corrected chi connectivity index (χ0v) is 13.7. The number of aromatic carboxylic acids is 1. The SMILES string of the molecule is Cc1cc(Br)c(NC(=O)OC(C)(C)C)c(C)c1C(=O)O. The highest BCUT2D eigenvalue weighted by Gasteiger charge is 2.21. The number of carboxylic acids is 1. The van der Waals surface area contributed by atoms with Crippen LogP contribution in [0.4, 0.5) is 10.5 Å². The number of hydrogen-bond donors (Lipinski definition) is 2. The van der Waals surface area contributed by atoms with Gasteiger partial charge in [-0.1, -0.05) is 0 Å². The van der Waals surface area contributed by atoms with Gasteiger partial charge in [0, 0.05) is 4.47 Å². The molecule has 0 radical (unpaired) electrons. The van der Waals surface area contributed by atoms with Crippen LogP contribution < -0.4 is 5.32 Å². The fourth-order valence-corrected chi connectivity index (χ4v) is 2.56. The summed E-state index contributed by atoms with van der Waals surface area (Å²) in [6.45, 7) is 8.62. The quantitative estimate of drug-likeness (QED) is 0.847. The van der Waals surface area contributed by atoms with E-state index in [1.807, 2.05) is 0 Å². The van der Waals surface area contributed by atoms with Crippen molar-refractivity contribution in [3.63, 3.8) is 0 Å². The number of carbonyl (C=O) groups is 2. The van der Waals surface area contributed by atoms with Crippen molar-refractivity contribution in [3.05, 3.63) is 27.2 Å². The molecule has 1 aromatic carbocycles. The fourth-order valence-electron chi connectivity index (χ4n) is 1.82. The summed E-state index contributed by atoms with van der Waals surface area (Å²) in [4.78, 5) is 23.1. The predicted octanol–water partition coefficient (Wildman–Crippen LogP) is 4.11. The van der Waals surface area contributed by atoms with Crippen LogP contribution in [0.2, 0.25) is 0 Å². The van der Waals surface area contributed by atoms with Crippen LogP contribution in [0.5, 0.6) is 0 Å². The fraction of sp³-hybridized carbons (Fsp3) is 0.429. The number of rotatable bonds is 2. The van der Waals surface area contributed by atoms with Crippen molar-refractivity contribution in [1.82, 2.24) is 0 Å². The smallest absolute Gasteiger partial charge is 0.412 e. The van der Waals surface area contributed by atoms with Crippen molar-refractivity contribution in [1.29, 1.82) is 0 Å². The molecule has 1 amide bonds. The van der Waals surface area contributed by atoms with Gasteiger partial charge in [0.15, 0.2) is 0 Å². The topological polar surface area (TPSA) is 75.6 Å². The minimum Gasteiger partial charge on any atom is -0.478 e. The van der Waals surface area contributed by atoms with Crippen LogP contribution in [-0.2, 0) is 4.74 Å². The molecular weight excluding hydrogens is 326 g/mol. The molecule has 0 aromatic heterocycles. The van der Waals surface area contributed by atoms with Gasteiger partial charge in [-0.25, -0.2) is 9.59 Å². The van der Waals surface area contributed by atoms with Gasteiger partial charge in [0.2, 0.25) is 0 Å². The molecule has 0 spiro atoms. The molecule has 0 atom stereocenters. The third-order valence-corrected chi connectivity index (χ3v) is 3.19. The van der Waals surface area contributed by atoms with E-state index >= 15 is 0 Å². The first kappa shape index (κ1) is 16.5. The third-order valence-electron chi connectivity index (χ3n) is 2.57. The van der Waals surface area contributed by atoms with Gasteiger partial charge in [0.1, 0.15) is 5.60 Å². The van der Waals surface area contributed by atoms with E-state index in [0.29, 0.717) is 21.3 Å². The molecule has 1 aromatic rings. The number of amides is 1. The molecule has 0 aliphatic rings. The monoisotopic (exact) mass is 343 g/mol. The Hall–Kier alpha value is -1.56. The molecule has 0 bridgehead atoms. The first-order valence-electron chi connectivity index (χ1n) is 6.06. The van der Waals surface area contributed by atoms with E-state index in [4.69, 9.17) is 4.74 Å². The minimum absolute atomic E-state index is 0.180. The molecule has 0 saturated heterocycles. The third kappa shape index (κ3) is 3.96. The summed E-state index contributed by atoms with van der Waals surface area (Å²) in [5.41, 5.74) is 1.07. The van der Waals surface area contributed by atoms with Gasteiger partial charge in [-0.2, -0.15) is 0 Å². The molecule has 0 aliphatic carbocycles. The molecule has 20 heavy (non-hydrogen) atoms. The van der Waals surface area contributed by atoms with E-state index in [1.54, 1.807) is 40.7 Å². The normalized spacial score (nSPS) is 11.1. The van der Waals surface area contributed by atoms with Gasteiger partial charge in [0.05, 0.1) is 11.3 Å². The Kier molecular flexibility index (Phi) is 4.81. The predicted molar refractivity (Wildman–Crippen MR) is 80.4 cm³/mol. The number of benzene rings is 1. The summed E-state index contributed by atoms with van der Waals surface area (Å²) in [6, 6.07) is 1.66. The van der Waals surface area contributed by atoms with E-state index in [0.717, 1.165) is 0 Å². The first-order chi connectivity index (χ1) is 9.03. The molecule has 0 unspecified atom stereocenters. The molecule has 0 heterocycles. The van der Waals surface area contributed by atoms with Crippen molar-refractivity contribution in [2.24, 2.45) is 0 Å². The Balaban J connectivity index is 3.16. The molecule has 6 heteroatoms. The van der Waals surface area contributed by atoms with Gasteiger partial charge in [0.25, 0.3) is 0 Å². The number of hydrogen-bond acceptors (Lipinski definition) is 3. The van der Waals surface area contributed by atoms with Gasteiger partial charge in [-0.3, -0.25) is 5.32 Å². The molecule has 0 saturated carbocycles. The molecule has 0 fully saturated rings. The lowest BCUT2D eigenvalue weighted by molar-refractivity contribution is 0.0632. The van der Waals surface area contributed by atoms with E-state index in [-0.39, 0.29) is 5.56 Å². The van der Waals surface area contributed by atoms with Crippen LogP contribution in [0, 0.1) is 13.8 Å². The van der Waals surface area contributed by atoms with Crippen molar-refractivity contribution < 1.29 is 19.4 Å². The average molecular weight is 344 g/mol. The molecule has 1 rings (SSSR count). The van der Waals surface area contributed by atoms with Crippen LogP contribution in [0.3, 0.4) is 0 Å². The van der Waals surface area contributed by atoms with Crippen molar-refractivity contribution in [2.45, 2.75) is 40.2 Å². The second-order valence-corrected chi connectivity index (χ2v) is 6.34. The Morgan fingerprint density at radius 2 is 1.85 bits per heavy atom. The maximum atomic E-state index is 11.8. The van der Waals surface area contributed by atoms with Gasteiger partial charge >= 0.3 is 12.1 Å². The summed E-state index contributed by atoms with van der Waals surface area (Å²) in [5.74, 6) is -1.03. The highest BCUT2D eigenvalue weighted by Crippen LogP contribution is 2.31. The second-order valence-electron chi connectivity index (χ2n) is 5.48. The largest absolute Gasteiger partial charge is 0.478 e. The molecular formula is C14H18BrNO4. The van der Waals surface area contributed by atoms with Gasteiger partial charge < -0.3 is 9.84 Å². The van der Waals surface area contributed by atoms with Crippen LogP contribution in [0.25, 0.3) is 0 Å². The number of ether oxygens (including phenoxy) is 1. The van der Waals surface area contributed by atoms with E-state index in [2.05, 4.69) is 21.2 Å². The van der Waals surface area contributed by atoms with Crippen molar-refractivity contribution in [2.75, 3.05) is 5.32 Å². The molecule has 110 valence electrons. The van der Waals surface area contributed by atoms with Gasteiger partial charge in [-0.05, 0) is 67.7 Å². The van der Waals surface area contributed by atoms with E-state index < -0.39 is 17.7 Å². The Morgan fingerprint density at radius 3 is 2.30 bits per heavy atom. The summed E-state index contributed by atoms with van der Waals surface area (Å²) in [6.07, 6.45) is -0.624. The van der Waals surface area contributed by atoms with Crippen LogP contribution in [-0.4, -0.2) is 22.8 Å². The first-order valence-corrected chi connectivity index (χ1v) is 6.85. The highest BCUT2D eigenvalue weighted by molar-refractivity contribution is 9.10. The van der Waals surface area contributed by atoms with Crippen LogP contribution in [0.1, 0.15) is 42.3 Å². The maximum absolute atomic E-state index is 11.8. The Morgan fingerprint density at radius 1 is 1.30 bits per heavy atom. The van der Waals surface area contributed by atoms with Crippen LogP contribution in [0.15, 0.2) is 10.5 Å². The molecule has 5 nitrogen and oxygen atoms in total. The van der Waals surface area contributed by atoms with Crippen molar-refractivity contribution in [3.8, 4) is 0 Å². The Bertz CT molecular complexity index is 561. The number of aryl methyl sites for hydroxylation is 1. The molecule has 2 N–H and O–H groups in total. The second kappa shape index (κ2) is 5.83. The maximum Gasteiger partial charge on any atom is 0.412 e. The van der Waals surface area contributed by atoms with E-state index in [1.165, 1.54) is 0 Å². The summed E-state index contributed by atoms with van der Waals surface area (Å²) in [7, 11) is 0. The summed E-state index contributed by atoms with van der Waals surface area (Å²) in [5, 5.41) is 11.8. The zero-order chi connectivity index (χ0) is 15.7. The average Bonchev–Trinajstić information content (AvgIpc) is 2.20. The lowest BCUT2D eigenvalue weighted by Gasteiger charge is -2.21. The number of carbonyl (C=O) groups excluding carboxylic acids is 1. The summed E-state index contributed by atoms with van der Waals surface area (Å²) >= 11 is 3.33. The summed E-state index contributed by atoms with van der Waals surface area (Å²) < 4.78 is 5.78. The number of halogens is 1. The highest BCUT2D eigenvalue weighted by atomic mass is 79.9. The standard InChI is InChI=1S/C14H18BrNO4/c1-7-6-9(15)11(8(2)10(7)12(17)18)16-13(19)20-14(3,4)5/h6H,1-5H3,(H,16,19)(H,17,18). The molecule has 0 aliphatic heterocycles. The van der Waals surface area contributed by atoms with Crippen molar-refractivity contribution >= 4 is 33.7 Å².